The first-order valence-corrected chi connectivity index (χ1v) is 13.9. The first-order chi connectivity index (χ1) is 19.5. The molecule has 236 valence electrons. The van der Waals surface area contributed by atoms with Gasteiger partial charge in [0.05, 0.1) is 30.5 Å². The van der Waals surface area contributed by atoms with Gasteiger partial charge >= 0.3 is 5.97 Å². The molecule has 1 aromatic carbocycles. The summed E-state index contributed by atoms with van der Waals surface area (Å²) >= 11 is 0. The van der Waals surface area contributed by atoms with Gasteiger partial charge in [0.1, 0.15) is 29.3 Å². The molecule has 3 rings (SSSR count). The fourth-order valence-corrected chi connectivity index (χ4v) is 5.47. The summed E-state index contributed by atoms with van der Waals surface area (Å²) in [6.07, 6.45) is -9.12. The second-order valence-corrected chi connectivity index (χ2v) is 12.0. The van der Waals surface area contributed by atoms with Crippen LogP contribution in [-0.2, 0) is 25.4 Å². The summed E-state index contributed by atoms with van der Waals surface area (Å²) in [6.45, 7) is 10.4. The summed E-state index contributed by atoms with van der Waals surface area (Å²) in [6, 6.07) is -0.0269. The van der Waals surface area contributed by atoms with Crippen molar-refractivity contribution in [1.29, 1.82) is 0 Å². The van der Waals surface area contributed by atoms with Crippen LogP contribution in [0.5, 0.6) is 11.5 Å². The average molecular weight is 597 g/mol. The molecule has 13 heteroatoms. The minimum Gasteiger partial charge on any atom is -0.508 e. The molecule has 0 spiro atoms. The Balaban J connectivity index is 1.73. The van der Waals surface area contributed by atoms with Crippen LogP contribution in [0.2, 0.25) is 0 Å². The molecule has 2 aliphatic rings. The number of amides is 1. The van der Waals surface area contributed by atoms with Crippen molar-refractivity contribution in [3.05, 3.63) is 34.9 Å². The zero-order chi connectivity index (χ0) is 31.7. The highest BCUT2D eigenvalue weighted by Gasteiger charge is 2.48. The summed E-state index contributed by atoms with van der Waals surface area (Å²) in [4.78, 5) is 25.3. The third-order valence-corrected chi connectivity index (χ3v) is 8.42. The summed E-state index contributed by atoms with van der Waals surface area (Å²) in [7, 11) is 1.31. The first-order valence-electron chi connectivity index (χ1n) is 13.9. The Bertz CT molecular complexity index is 1170. The van der Waals surface area contributed by atoms with Gasteiger partial charge in [0.2, 0.25) is 0 Å². The monoisotopic (exact) mass is 596 g/mol. The Labute approximate surface area is 244 Å². The quantitative estimate of drug-likeness (QED) is 0.0952. The lowest BCUT2D eigenvalue weighted by Crippen LogP contribution is -2.60. The second-order valence-electron chi connectivity index (χ2n) is 12.0. The van der Waals surface area contributed by atoms with E-state index in [9.17, 15) is 40.2 Å². The lowest BCUT2D eigenvalue weighted by molar-refractivity contribution is -0.216. The van der Waals surface area contributed by atoms with Crippen molar-refractivity contribution in [3.8, 4) is 11.5 Å². The summed E-state index contributed by atoms with van der Waals surface area (Å²) < 4.78 is 17.1. The van der Waals surface area contributed by atoms with Gasteiger partial charge in [-0.1, -0.05) is 19.4 Å². The van der Waals surface area contributed by atoms with Crippen molar-refractivity contribution in [2.45, 2.75) is 108 Å². The minimum absolute atomic E-state index is 0.0169. The SMILES string of the molecule is C=C(C)C[C@H](O)[C@H](O)C(=O)N[C@H](OC)[C@@H]1C[C@@H](O)C(C)(C)[C@@H](C[C@H](O)[C@@H](N)[C@H]2Cc3c(C)c(O)cc(O)c3C(=O)O2)O1. The van der Waals surface area contributed by atoms with Crippen LogP contribution in [0.3, 0.4) is 0 Å². The number of aromatic hydroxyl groups is 2. The number of benzene rings is 1. The molecule has 1 amide bonds. The molecule has 2 aliphatic heterocycles. The molecule has 13 nitrogen and oxygen atoms in total. The molecular weight excluding hydrogens is 552 g/mol. The zero-order valence-corrected chi connectivity index (χ0v) is 24.6. The number of fused-ring (bicyclic) bond motifs is 1. The van der Waals surface area contributed by atoms with E-state index in [1.165, 1.54) is 7.11 Å². The van der Waals surface area contributed by atoms with E-state index in [0.29, 0.717) is 16.7 Å². The number of hydrogen-bond donors (Lipinski definition) is 8. The van der Waals surface area contributed by atoms with Crippen molar-refractivity contribution in [2.24, 2.45) is 11.1 Å². The molecule has 2 heterocycles. The van der Waals surface area contributed by atoms with Gasteiger partial charge in [-0.05, 0) is 31.4 Å². The predicted octanol–water partition coefficient (Wildman–Crippen LogP) is -0.113. The number of cyclic esters (lactones) is 1. The van der Waals surface area contributed by atoms with Gasteiger partial charge in [-0.25, -0.2) is 4.79 Å². The van der Waals surface area contributed by atoms with Gasteiger partial charge in [-0.3, -0.25) is 4.79 Å². The number of ether oxygens (including phenoxy) is 3. The molecule has 0 aromatic heterocycles. The van der Waals surface area contributed by atoms with Crippen molar-refractivity contribution in [2.75, 3.05) is 7.11 Å². The lowest BCUT2D eigenvalue weighted by Gasteiger charge is -2.48. The highest BCUT2D eigenvalue weighted by molar-refractivity contribution is 5.96. The van der Waals surface area contributed by atoms with Crippen LogP contribution in [-0.4, -0.2) is 105 Å². The maximum atomic E-state index is 12.7. The number of nitrogens with one attached hydrogen (secondary N) is 1. The number of aliphatic hydroxyl groups is 4. The number of methoxy groups -OCH3 is 1. The van der Waals surface area contributed by atoms with Crippen LogP contribution in [0.25, 0.3) is 0 Å². The van der Waals surface area contributed by atoms with Gasteiger partial charge in [0.25, 0.3) is 5.91 Å². The lowest BCUT2D eigenvalue weighted by atomic mass is 9.73. The summed E-state index contributed by atoms with van der Waals surface area (Å²) in [5, 5.41) is 65.2. The van der Waals surface area contributed by atoms with Crippen LogP contribution in [0.4, 0.5) is 0 Å². The van der Waals surface area contributed by atoms with Gasteiger partial charge in [0.15, 0.2) is 12.3 Å². The van der Waals surface area contributed by atoms with Gasteiger partial charge < -0.3 is 55.9 Å². The average Bonchev–Trinajstić information content (AvgIpc) is 2.90. The Hall–Kier alpha value is -2.78. The molecule has 9 N–H and O–H groups in total. The van der Waals surface area contributed by atoms with Gasteiger partial charge in [-0.2, -0.15) is 0 Å². The third kappa shape index (κ3) is 7.05. The van der Waals surface area contributed by atoms with Crippen molar-refractivity contribution < 1.29 is 54.4 Å². The van der Waals surface area contributed by atoms with E-state index in [-0.39, 0.29) is 37.0 Å². The fourth-order valence-electron chi connectivity index (χ4n) is 5.47. The molecule has 1 aromatic rings. The normalized spacial score (nSPS) is 27.1. The van der Waals surface area contributed by atoms with E-state index in [2.05, 4.69) is 11.9 Å². The van der Waals surface area contributed by atoms with Crippen LogP contribution in [0.15, 0.2) is 18.2 Å². The van der Waals surface area contributed by atoms with Crippen LogP contribution >= 0.6 is 0 Å². The van der Waals surface area contributed by atoms with Crippen LogP contribution < -0.4 is 11.1 Å². The van der Waals surface area contributed by atoms with Crippen molar-refractivity contribution in [3.63, 3.8) is 0 Å². The van der Waals surface area contributed by atoms with Gasteiger partial charge in [0, 0.05) is 37.9 Å². The molecule has 0 aliphatic carbocycles. The number of nitrogens with two attached hydrogens (primary N) is 1. The topological polar surface area (TPSA) is 221 Å². The molecule has 1 saturated heterocycles. The zero-order valence-electron chi connectivity index (χ0n) is 24.6. The van der Waals surface area contributed by atoms with E-state index in [4.69, 9.17) is 19.9 Å². The second kappa shape index (κ2) is 13.2. The molecule has 0 saturated carbocycles. The highest BCUT2D eigenvalue weighted by atomic mass is 16.6. The highest BCUT2D eigenvalue weighted by Crippen LogP contribution is 2.41. The molecule has 0 radical (unpaired) electrons. The minimum atomic E-state index is -1.75. The smallest absolute Gasteiger partial charge is 0.342 e. The standard InChI is InChI=1S/C29H44N2O11/c1-12(2)7-18(35)25(37)26(38)31-27(40-6)20-11-21(36)29(4,5)22(41-20)10-17(34)24(30)19-8-14-13(3)15(32)9-16(33)23(14)28(39)42-19/h9,17-22,24-25,27,32-37H,1,7-8,10-11,30H2,2-6H3,(H,31,38)/t17-,18-,19+,20-,21+,22+,24+,25-,27+/m0/s1. The number of carbonyl (C=O) groups excluding carboxylic acids is 2. The number of rotatable bonds is 11. The largest absolute Gasteiger partial charge is 0.508 e. The van der Waals surface area contributed by atoms with E-state index in [1.54, 1.807) is 27.7 Å². The summed E-state index contributed by atoms with van der Waals surface area (Å²) in [5.74, 6) is -2.34. The van der Waals surface area contributed by atoms with Crippen molar-refractivity contribution in [1.82, 2.24) is 5.32 Å². The molecule has 0 unspecified atom stereocenters. The molecule has 9 atom stereocenters. The maximum absolute atomic E-state index is 12.7. The van der Waals surface area contributed by atoms with E-state index >= 15 is 0 Å². The van der Waals surface area contributed by atoms with Crippen LogP contribution in [0, 0.1) is 12.3 Å². The van der Waals surface area contributed by atoms with Crippen LogP contribution in [0.1, 0.15) is 61.5 Å². The Kier molecular flexibility index (Phi) is 10.6. The number of carbonyl (C=O) groups is 2. The van der Waals surface area contributed by atoms with Crippen molar-refractivity contribution >= 4 is 11.9 Å². The Morgan fingerprint density at radius 2 is 1.86 bits per heavy atom. The predicted molar refractivity (Wildman–Crippen MR) is 149 cm³/mol. The Morgan fingerprint density at radius 1 is 1.21 bits per heavy atom. The van der Waals surface area contributed by atoms with E-state index < -0.39 is 78.0 Å². The number of esters is 1. The fraction of sp³-hybridized carbons (Fsp3) is 0.655. The molecular formula is C29H44N2O11. The number of hydrogen-bond acceptors (Lipinski definition) is 12. The number of phenolic OH excluding ortho intramolecular Hbond substituents is 2. The third-order valence-electron chi connectivity index (χ3n) is 8.42. The maximum Gasteiger partial charge on any atom is 0.342 e. The molecule has 42 heavy (non-hydrogen) atoms. The number of aliphatic hydroxyl groups excluding tert-OH is 4. The van der Waals surface area contributed by atoms with E-state index in [0.717, 1.165) is 6.07 Å². The first kappa shape index (κ1) is 33.7. The summed E-state index contributed by atoms with van der Waals surface area (Å²) in [5.41, 5.74) is 6.76. The van der Waals surface area contributed by atoms with E-state index in [1.807, 2.05) is 0 Å². The Morgan fingerprint density at radius 3 is 2.45 bits per heavy atom. The molecule has 1 fully saturated rings. The van der Waals surface area contributed by atoms with Gasteiger partial charge in [-0.15, -0.1) is 6.58 Å². The molecule has 0 bridgehead atoms. The number of phenols is 2.